The zero-order chi connectivity index (χ0) is 16.6. The SMILES string of the molecule is Cc1ccc(NC(=O)Cn2nnc3cc(C)c(C)cc32)cc1C. The van der Waals surface area contributed by atoms with Crippen LogP contribution in [0.15, 0.2) is 30.3 Å². The van der Waals surface area contributed by atoms with E-state index in [4.69, 9.17) is 0 Å². The lowest BCUT2D eigenvalue weighted by molar-refractivity contribution is -0.116. The molecule has 118 valence electrons. The predicted molar refractivity (Wildman–Crippen MR) is 91.5 cm³/mol. The summed E-state index contributed by atoms with van der Waals surface area (Å²) in [6, 6.07) is 9.90. The van der Waals surface area contributed by atoms with Crippen molar-refractivity contribution in [2.45, 2.75) is 34.2 Å². The van der Waals surface area contributed by atoms with Gasteiger partial charge < -0.3 is 5.32 Å². The van der Waals surface area contributed by atoms with Gasteiger partial charge in [0.05, 0.1) is 5.52 Å². The smallest absolute Gasteiger partial charge is 0.246 e. The Bertz CT molecular complexity index is 895. The number of nitrogens with zero attached hydrogens (tertiary/aromatic N) is 3. The van der Waals surface area contributed by atoms with Crippen molar-refractivity contribution in [3.8, 4) is 0 Å². The summed E-state index contributed by atoms with van der Waals surface area (Å²) in [6.45, 7) is 8.31. The number of anilines is 1. The summed E-state index contributed by atoms with van der Waals surface area (Å²) in [5, 5.41) is 11.1. The molecule has 0 aliphatic rings. The molecule has 5 heteroatoms. The maximum atomic E-state index is 12.3. The molecule has 5 nitrogen and oxygen atoms in total. The summed E-state index contributed by atoms with van der Waals surface area (Å²) in [7, 11) is 0. The maximum absolute atomic E-state index is 12.3. The van der Waals surface area contributed by atoms with Crippen molar-refractivity contribution in [3.05, 3.63) is 52.6 Å². The van der Waals surface area contributed by atoms with Crippen LogP contribution in [0.1, 0.15) is 22.3 Å². The van der Waals surface area contributed by atoms with Gasteiger partial charge in [0, 0.05) is 5.69 Å². The molecule has 0 spiro atoms. The van der Waals surface area contributed by atoms with Crippen LogP contribution in [0.25, 0.3) is 11.0 Å². The van der Waals surface area contributed by atoms with Gasteiger partial charge in [0.2, 0.25) is 5.91 Å². The Morgan fingerprint density at radius 2 is 1.70 bits per heavy atom. The van der Waals surface area contributed by atoms with Crippen LogP contribution < -0.4 is 5.32 Å². The van der Waals surface area contributed by atoms with E-state index in [1.165, 1.54) is 11.1 Å². The third-order valence-electron chi connectivity index (χ3n) is 4.21. The molecule has 0 atom stereocenters. The standard InChI is InChI=1S/C18H20N4O/c1-11-5-6-15(7-12(11)2)19-18(23)10-22-17-9-14(4)13(3)8-16(17)20-21-22/h5-9H,10H2,1-4H3,(H,19,23). The zero-order valence-corrected chi connectivity index (χ0v) is 13.8. The van der Waals surface area contributed by atoms with Crippen LogP contribution >= 0.6 is 0 Å². The van der Waals surface area contributed by atoms with Gasteiger partial charge in [-0.3, -0.25) is 4.79 Å². The van der Waals surface area contributed by atoms with Crippen LogP contribution in [0.5, 0.6) is 0 Å². The highest BCUT2D eigenvalue weighted by Crippen LogP contribution is 2.18. The molecule has 0 fully saturated rings. The molecule has 0 aliphatic heterocycles. The van der Waals surface area contributed by atoms with Crippen molar-refractivity contribution in [3.63, 3.8) is 0 Å². The van der Waals surface area contributed by atoms with Crippen molar-refractivity contribution in [1.29, 1.82) is 0 Å². The van der Waals surface area contributed by atoms with Crippen molar-refractivity contribution < 1.29 is 4.79 Å². The van der Waals surface area contributed by atoms with E-state index in [1.807, 2.05) is 58.0 Å². The lowest BCUT2D eigenvalue weighted by Gasteiger charge is -2.08. The number of aromatic nitrogens is 3. The van der Waals surface area contributed by atoms with E-state index < -0.39 is 0 Å². The van der Waals surface area contributed by atoms with E-state index >= 15 is 0 Å². The lowest BCUT2D eigenvalue weighted by Crippen LogP contribution is -2.19. The minimum Gasteiger partial charge on any atom is -0.324 e. The summed E-state index contributed by atoms with van der Waals surface area (Å²) in [6.07, 6.45) is 0. The second-order valence-corrected chi connectivity index (χ2v) is 6.02. The Labute approximate surface area is 135 Å². The number of rotatable bonds is 3. The Hall–Kier alpha value is -2.69. The first-order chi connectivity index (χ1) is 10.9. The Balaban J connectivity index is 1.80. The van der Waals surface area contributed by atoms with E-state index in [-0.39, 0.29) is 12.5 Å². The van der Waals surface area contributed by atoms with E-state index in [9.17, 15) is 4.79 Å². The fraction of sp³-hybridized carbons (Fsp3) is 0.278. The third-order valence-corrected chi connectivity index (χ3v) is 4.21. The first-order valence-corrected chi connectivity index (χ1v) is 7.61. The number of hydrogen-bond donors (Lipinski definition) is 1. The van der Waals surface area contributed by atoms with Gasteiger partial charge in [0.15, 0.2) is 0 Å². The van der Waals surface area contributed by atoms with Gasteiger partial charge in [-0.25, -0.2) is 4.68 Å². The summed E-state index contributed by atoms with van der Waals surface area (Å²) in [5.41, 5.74) is 7.18. The molecule has 0 unspecified atom stereocenters. The summed E-state index contributed by atoms with van der Waals surface area (Å²) < 4.78 is 1.64. The maximum Gasteiger partial charge on any atom is 0.246 e. The number of amides is 1. The first kappa shape index (κ1) is 15.2. The molecule has 0 saturated carbocycles. The molecule has 3 aromatic rings. The van der Waals surface area contributed by atoms with E-state index in [0.717, 1.165) is 27.8 Å². The van der Waals surface area contributed by atoms with Gasteiger partial charge in [0.1, 0.15) is 12.1 Å². The predicted octanol–water partition coefficient (Wildman–Crippen LogP) is 3.30. The van der Waals surface area contributed by atoms with Crippen LogP contribution in [-0.2, 0) is 11.3 Å². The molecule has 1 aromatic heterocycles. The van der Waals surface area contributed by atoms with Crippen molar-refractivity contribution >= 4 is 22.6 Å². The Morgan fingerprint density at radius 3 is 2.43 bits per heavy atom. The number of carbonyl (C=O) groups excluding carboxylic acids is 1. The second-order valence-electron chi connectivity index (χ2n) is 6.02. The monoisotopic (exact) mass is 308 g/mol. The summed E-state index contributed by atoms with van der Waals surface area (Å²) in [5.74, 6) is -0.113. The molecule has 1 amide bonds. The van der Waals surface area contributed by atoms with Crippen molar-refractivity contribution in [2.75, 3.05) is 5.32 Å². The molecule has 0 saturated heterocycles. The third kappa shape index (κ3) is 3.08. The number of nitrogens with one attached hydrogen (secondary N) is 1. The largest absolute Gasteiger partial charge is 0.324 e. The topological polar surface area (TPSA) is 59.8 Å². The van der Waals surface area contributed by atoms with Crippen LogP contribution in [-0.4, -0.2) is 20.9 Å². The molecule has 0 radical (unpaired) electrons. The highest BCUT2D eigenvalue weighted by atomic mass is 16.2. The normalized spacial score (nSPS) is 11.0. The summed E-state index contributed by atoms with van der Waals surface area (Å²) in [4.78, 5) is 12.3. The van der Waals surface area contributed by atoms with Crippen LogP contribution in [0, 0.1) is 27.7 Å². The van der Waals surface area contributed by atoms with Crippen LogP contribution in [0.4, 0.5) is 5.69 Å². The molecule has 1 N–H and O–H groups in total. The van der Waals surface area contributed by atoms with E-state index in [1.54, 1.807) is 4.68 Å². The van der Waals surface area contributed by atoms with Crippen LogP contribution in [0.2, 0.25) is 0 Å². The van der Waals surface area contributed by atoms with Crippen molar-refractivity contribution in [1.82, 2.24) is 15.0 Å². The van der Waals surface area contributed by atoms with E-state index in [0.29, 0.717) is 0 Å². The van der Waals surface area contributed by atoms with Crippen molar-refractivity contribution in [2.24, 2.45) is 0 Å². The van der Waals surface area contributed by atoms with Crippen LogP contribution in [0.3, 0.4) is 0 Å². The Morgan fingerprint density at radius 1 is 1.00 bits per heavy atom. The number of hydrogen-bond acceptors (Lipinski definition) is 3. The van der Waals surface area contributed by atoms with Gasteiger partial charge in [-0.1, -0.05) is 11.3 Å². The number of aryl methyl sites for hydroxylation is 4. The lowest BCUT2D eigenvalue weighted by atomic mass is 10.1. The molecule has 0 aliphatic carbocycles. The average Bonchev–Trinajstić information content (AvgIpc) is 2.86. The molecule has 3 rings (SSSR count). The number of carbonyl (C=O) groups is 1. The molecule has 1 heterocycles. The number of fused-ring (bicyclic) bond motifs is 1. The van der Waals surface area contributed by atoms with Gasteiger partial charge >= 0.3 is 0 Å². The van der Waals surface area contributed by atoms with Gasteiger partial charge in [-0.05, 0) is 74.2 Å². The minimum absolute atomic E-state index is 0.113. The quantitative estimate of drug-likeness (QED) is 0.807. The second kappa shape index (κ2) is 5.83. The zero-order valence-electron chi connectivity index (χ0n) is 13.8. The average molecular weight is 308 g/mol. The fourth-order valence-corrected chi connectivity index (χ4v) is 2.50. The molecule has 2 aromatic carbocycles. The number of benzene rings is 2. The van der Waals surface area contributed by atoms with Gasteiger partial charge in [-0.15, -0.1) is 5.10 Å². The molecule has 23 heavy (non-hydrogen) atoms. The van der Waals surface area contributed by atoms with Gasteiger partial charge in [-0.2, -0.15) is 0 Å². The molecular formula is C18H20N4O. The summed E-state index contributed by atoms with van der Waals surface area (Å²) >= 11 is 0. The highest BCUT2D eigenvalue weighted by Gasteiger charge is 2.11. The van der Waals surface area contributed by atoms with E-state index in [2.05, 4.69) is 15.6 Å². The fourth-order valence-electron chi connectivity index (χ4n) is 2.50. The minimum atomic E-state index is -0.113. The highest BCUT2D eigenvalue weighted by molar-refractivity contribution is 5.91. The van der Waals surface area contributed by atoms with Gasteiger partial charge in [0.25, 0.3) is 0 Å². The first-order valence-electron chi connectivity index (χ1n) is 7.61. The Kier molecular flexibility index (Phi) is 3.86. The molecular weight excluding hydrogens is 288 g/mol. The molecule has 0 bridgehead atoms.